The van der Waals surface area contributed by atoms with Gasteiger partial charge in [0.05, 0.1) is 6.54 Å². The van der Waals surface area contributed by atoms with Gasteiger partial charge in [-0.15, -0.1) is 0 Å². The van der Waals surface area contributed by atoms with Gasteiger partial charge in [0.1, 0.15) is 12.1 Å². The maximum Gasteiger partial charge on any atom is 0.254 e. The second kappa shape index (κ2) is 7.87. The van der Waals surface area contributed by atoms with Crippen LogP contribution in [0.15, 0.2) is 54.6 Å². The predicted molar refractivity (Wildman–Crippen MR) is 110 cm³/mol. The van der Waals surface area contributed by atoms with Crippen molar-refractivity contribution >= 4 is 29.3 Å². The average molecular weight is 412 g/mol. The normalized spacial score (nSPS) is 21.9. The summed E-state index contributed by atoms with van der Waals surface area (Å²) in [5, 5.41) is 0.488. The maximum absolute atomic E-state index is 13.1. The van der Waals surface area contributed by atoms with E-state index in [1.54, 1.807) is 41.1 Å². The first-order chi connectivity index (χ1) is 14.0. The molecule has 2 saturated heterocycles. The van der Waals surface area contributed by atoms with Gasteiger partial charge in [-0.25, -0.2) is 0 Å². The van der Waals surface area contributed by atoms with Crippen LogP contribution < -0.4 is 0 Å². The van der Waals surface area contributed by atoms with Crippen LogP contribution in [-0.4, -0.2) is 71.2 Å². The number of hydrogen-bond donors (Lipinski definition) is 0. The van der Waals surface area contributed by atoms with Crippen molar-refractivity contribution in [2.24, 2.45) is 0 Å². The molecule has 2 aromatic carbocycles. The summed E-state index contributed by atoms with van der Waals surface area (Å²) in [6.07, 6.45) is 0.482. The van der Waals surface area contributed by atoms with Crippen LogP contribution in [0.25, 0.3) is 0 Å². The van der Waals surface area contributed by atoms with Crippen LogP contribution in [0, 0.1) is 0 Å². The van der Waals surface area contributed by atoms with Crippen LogP contribution in [0.3, 0.4) is 0 Å². The molecule has 2 atom stereocenters. The number of piperazine rings is 2. The van der Waals surface area contributed by atoms with E-state index in [1.165, 1.54) is 4.90 Å². The average Bonchev–Trinajstić information content (AvgIpc) is 2.75. The summed E-state index contributed by atoms with van der Waals surface area (Å²) in [7, 11) is 1.67. The molecule has 2 heterocycles. The standard InChI is InChI=1S/C22H22ClN3O3/c1-24-18(12-15-6-3-2-4-7-15)22(29)26-11-10-25(14-19(26)21(24)28)20(27)16-8-5-9-17(23)13-16/h2-9,13,18-19H,10-12,14H2,1H3/t18-,19+/m0/s1. The molecule has 2 aliphatic heterocycles. The molecule has 0 spiro atoms. The SMILES string of the molecule is CN1C(=O)[C@H]2CN(C(=O)c3cccc(Cl)c3)CCN2C(=O)[C@@H]1Cc1ccccc1. The molecule has 0 saturated carbocycles. The van der Waals surface area contributed by atoms with Crippen LogP contribution in [-0.2, 0) is 16.0 Å². The van der Waals surface area contributed by atoms with E-state index in [-0.39, 0.29) is 24.3 Å². The topological polar surface area (TPSA) is 60.9 Å². The molecule has 2 fully saturated rings. The van der Waals surface area contributed by atoms with Crippen molar-refractivity contribution in [1.82, 2.24) is 14.7 Å². The Labute approximate surface area is 174 Å². The van der Waals surface area contributed by atoms with E-state index in [0.29, 0.717) is 30.1 Å². The van der Waals surface area contributed by atoms with Gasteiger partial charge in [0, 0.05) is 37.1 Å². The van der Waals surface area contributed by atoms with Crippen LogP contribution in [0.4, 0.5) is 0 Å². The zero-order chi connectivity index (χ0) is 20.5. The summed E-state index contributed by atoms with van der Waals surface area (Å²) in [5.41, 5.74) is 1.49. The van der Waals surface area contributed by atoms with Gasteiger partial charge in [0.2, 0.25) is 11.8 Å². The number of amides is 3. The van der Waals surface area contributed by atoms with Gasteiger partial charge >= 0.3 is 0 Å². The molecule has 150 valence electrons. The monoisotopic (exact) mass is 411 g/mol. The molecule has 4 rings (SSSR count). The lowest BCUT2D eigenvalue weighted by molar-refractivity contribution is -0.163. The van der Waals surface area contributed by atoms with Gasteiger partial charge in [0.25, 0.3) is 5.91 Å². The Kier molecular flexibility index (Phi) is 5.28. The Bertz CT molecular complexity index is 949. The molecule has 2 aliphatic rings. The molecule has 7 heteroatoms. The lowest BCUT2D eigenvalue weighted by Gasteiger charge is -2.48. The highest BCUT2D eigenvalue weighted by Crippen LogP contribution is 2.24. The van der Waals surface area contributed by atoms with Crippen LogP contribution in [0.2, 0.25) is 5.02 Å². The lowest BCUT2D eigenvalue weighted by atomic mass is 9.97. The third kappa shape index (κ3) is 3.72. The van der Waals surface area contributed by atoms with Crippen molar-refractivity contribution < 1.29 is 14.4 Å². The fourth-order valence-corrected chi connectivity index (χ4v) is 4.24. The summed E-state index contributed by atoms with van der Waals surface area (Å²) in [6, 6.07) is 15.3. The first-order valence-electron chi connectivity index (χ1n) is 9.61. The molecule has 6 nitrogen and oxygen atoms in total. The molecule has 0 bridgehead atoms. The Morgan fingerprint density at radius 2 is 1.79 bits per heavy atom. The van der Waals surface area contributed by atoms with Gasteiger partial charge in [0.15, 0.2) is 0 Å². The van der Waals surface area contributed by atoms with Gasteiger partial charge in [-0.2, -0.15) is 0 Å². The molecule has 0 N–H and O–H groups in total. The van der Waals surface area contributed by atoms with Crippen molar-refractivity contribution in [2.75, 3.05) is 26.7 Å². The highest BCUT2D eigenvalue weighted by molar-refractivity contribution is 6.31. The van der Waals surface area contributed by atoms with Crippen molar-refractivity contribution in [2.45, 2.75) is 18.5 Å². The molecule has 0 unspecified atom stereocenters. The van der Waals surface area contributed by atoms with Gasteiger partial charge in [-0.05, 0) is 23.8 Å². The number of halogens is 1. The van der Waals surface area contributed by atoms with Crippen molar-refractivity contribution in [3.63, 3.8) is 0 Å². The number of nitrogens with zero attached hydrogens (tertiary/aromatic N) is 3. The molecule has 0 aromatic heterocycles. The highest BCUT2D eigenvalue weighted by atomic mass is 35.5. The first-order valence-corrected chi connectivity index (χ1v) is 9.99. The number of likely N-dealkylation sites (N-methyl/N-ethyl adjacent to an activating group) is 1. The minimum absolute atomic E-state index is 0.0594. The fraction of sp³-hybridized carbons (Fsp3) is 0.318. The number of benzene rings is 2. The van der Waals surface area contributed by atoms with E-state index < -0.39 is 12.1 Å². The minimum atomic E-state index is -0.642. The summed E-state index contributed by atoms with van der Waals surface area (Å²) in [6.45, 7) is 0.932. The molecular formula is C22H22ClN3O3. The number of carbonyl (C=O) groups is 3. The van der Waals surface area contributed by atoms with E-state index in [0.717, 1.165) is 5.56 Å². The predicted octanol–water partition coefficient (Wildman–Crippen LogP) is 2.08. The molecule has 2 aromatic rings. The number of hydrogen-bond acceptors (Lipinski definition) is 3. The molecule has 29 heavy (non-hydrogen) atoms. The van der Waals surface area contributed by atoms with Crippen molar-refractivity contribution in [3.05, 3.63) is 70.7 Å². The smallest absolute Gasteiger partial charge is 0.254 e. The van der Waals surface area contributed by atoms with Crippen LogP contribution in [0.1, 0.15) is 15.9 Å². The number of rotatable bonds is 3. The Morgan fingerprint density at radius 3 is 2.52 bits per heavy atom. The zero-order valence-corrected chi connectivity index (χ0v) is 16.9. The minimum Gasteiger partial charge on any atom is -0.334 e. The second-order valence-electron chi connectivity index (χ2n) is 7.46. The lowest BCUT2D eigenvalue weighted by Crippen LogP contribution is -2.70. The van der Waals surface area contributed by atoms with Crippen molar-refractivity contribution in [3.8, 4) is 0 Å². The summed E-state index contributed by atoms with van der Waals surface area (Å²) in [5.74, 6) is -0.369. The Hall–Kier alpha value is -2.86. The summed E-state index contributed by atoms with van der Waals surface area (Å²) < 4.78 is 0. The van der Waals surface area contributed by atoms with E-state index in [1.807, 2.05) is 30.3 Å². The summed E-state index contributed by atoms with van der Waals surface area (Å²) >= 11 is 6.00. The Morgan fingerprint density at radius 1 is 1.03 bits per heavy atom. The van der Waals surface area contributed by atoms with E-state index in [2.05, 4.69) is 0 Å². The quantitative estimate of drug-likeness (QED) is 0.776. The largest absolute Gasteiger partial charge is 0.334 e. The fourth-order valence-electron chi connectivity index (χ4n) is 4.05. The highest BCUT2D eigenvalue weighted by Gasteiger charge is 2.47. The molecule has 0 radical (unpaired) electrons. The first kappa shape index (κ1) is 19.5. The van der Waals surface area contributed by atoms with Gasteiger partial charge in [-0.1, -0.05) is 48.0 Å². The van der Waals surface area contributed by atoms with Crippen LogP contribution in [0.5, 0.6) is 0 Å². The van der Waals surface area contributed by atoms with Crippen molar-refractivity contribution in [1.29, 1.82) is 0 Å². The van der Waals surface area contributed by atoms with E-state index in [9.17, 15) is 14.4 Å². The maximum atomic E-state index is 13.1. The van der Waals surface area contributed by atoms with E-state index >= 15 is 0 Å². The van der Waals surface area contributed by atoms with E-state index in [4.69, 9.17) is 11.6 Å². The Balaban J connectivity index is 1.51. The molecule has 0 aliphatic carbocycles. The van der Waals surface area contributed by atoms with Gasteiger partial charge in [-0.3, -0.25) is 14.4 Å². The van der Waals surface area contributed by atoms with Crippen LogP contribution >= 0.6 is 11.6 Å². The summed E-state index contributed by atoms with van der Waals surface area (Å²) in [4.78, 5) is 43.8. The zero-order valence-electron chi connectivity index (χ0n) is 16.1. The molecular weight excluding hydrogens is 390 g/mol. The van der Waals surface area contributed by atoms with Gasteiger partial charge < -0.3 is 14.7 Å². The number of fused-ring (bicyclic) bond motifs is 1. The number of carbonyl (C=O) groups excluding carboxylic acids is 3. The third-order valence-corrected chi connectivity index (χ3v) is 5.91. The third-order valence-electron chi connectivity index (χ3n) is 5.68. The second-order valence-corrected chi connectivity index (χ2v) is 7.90. The molecule has 3 amide bonds.